The zero-order valence-electron chi connectivity index (χ0n) is 15.7. The van der Waals surface area contributed by atoms with Crippen molar-refractivity contribution in [1.29, 1.82) is 0 Å². The zero-order valence-corrected chi connectivity index (χ0v) is 15.7. The van der Waals surface area contributed by atoms with E-state index in [0.29, 0.717) is 6.07 Å². The number of nitrogens with one attached hydrogen (secondary N) is 1. The molecule has 0 saturated heterocycles. The summed E-state index contributed by atoms with van der Waals surface area (Å²) in [6, 6.07) is 7.19. The number of hydrogen-bond acceptors (Lipinski definition) is 9. The molecule has 3 N–H and O–H groups in total. The number of carbonyl (C=O) groups excluding carboxylic acids is 2. The van der Waals surface area contributed by atoms with Crippen LogP contribution in [0.15, 0.2) is 48.7 Å². The van der Waals surface area contributed by atoms with Gasteiger partial charge in [0.1, 0.15) is 17.1 Å². The maximum atomic E-state index is 12.6. The highest BCUT2D eigenvalue weighted by molar-refractivity contribution is 6.08. The van der Waals surface area contributed by atoms with Crippen LogP contribution in [0.3, 0.4) is 0 Å². The van der Waals surface area contributed by atoms with Crippen LogP contribution >= 0.6 is 0 Å². The molecule has 2 amide bonds. The number of carbonyl (C=O) groups is 2. The van der Waals surface area contributed by atoms with Gasteiger partial charge in [0.2, 0.25) is 0 Å². The third-order valence-electron chi connectivity index (χ3n) is 4.20. The van der Waals surface area contributed by atoms with Crippen molar-refractivity contribution in [2.75, 3.05) is 5.32 Å². The van der Waals surface area contributed by atoms with E-state index >= 15 is 0 Å². The van der Waals surface area contributed by atoms with Gasteiger partial charge in [0.25, 0.3) is 23.2 Å². The number of primary amides is 1. The second kappa shape index (κ2) is 8.27. The number of rotatable bonds is 7. The van der Waals surface area contributed by atoms with Crippen LogP contribution in [-0.4, -0.2) is 36.4 Å². The summed E-state index contributed by atoms with van der Waals surface area (Å²) in [5.74, 6) is -2.17. The van der Waals surface area contributed by atoms with Crippen LogP contribution in [0.25, 0.3) is 5.69 Å². The predicted molar refractivity (Wildman–Crippen MR) is 106 cm³/mol. The normalized spacial score (nSPS) is 10.4. The third kappa shape index (κ3) is 4.06. The van der Waals surface area contributed by atoms with Crippen molar-refractivity contribution in [2.24, 2.45) is 5.73 Å². The van der Waals surface area contributed by atoms with Crippen molar-refractivity contribution in [3.8, 4) is 5.69 Å². The van der Waals surface area contributed by atoms with Crippen LogP contribution in [0.4, 0.5) is 22.9 Å². The van der Waals surface area contributed by atoms with Gasteiger partial charge < -0.3 is 11.1 Å². The molecule has 0 aliphatic heterocycles. The average molecular weight is 441 g/mol. The van der Waals surface area contributed by atoms with Crippen LogP contribution in [0.5, 0.6) is 0 Å². The molecule has 0 spiro atoms. The highest BCUT2D eigenvalue weighted by atomic mass is 16.6. The van der Waals surface area contributed by atoms with Crippen molar-refractivity contribution >= 4 is 34.7 Å². The maximum Gasteiger partial charge on any atom is 0.301 e. The molecule has 15 heteroatoms. The lowest BCUT2D eigenvalue weighted by Gasteiger charge is -2.11. The molecular weight excluding hydrogens is 430 g/mol. The minimum atomic E-state index is -1.01. The Hall–Kier alpha value is -5.21. The number of non-ortho nitro benzene ring substituents is 2. The van der Waals surface area contributed by atoms with Crippen molar-refractivity contribution in [1.82, 2.24) is 9.78 Å². The minimum absolute atomic E-state index is 0.0306. The Bertz CT molecular complexity index is 1280. The summed E-state index contributed by atoms with van der Waals surface area (Å²) >= 11 is 0. The van der Waals surface area contributed by atoms with Crippen LogP contribution in [0, 0.1) is 30.3 Å². The van der Waals surface area contributed by atoms with Gasteiger partial charge in [-0.15, -0.1) is 0 Å². The van der Waals surface area contributed by atoms with Crippen LogP contribution in [0.1, 0.15) is 20.7 Å². The number of nitrogens with two attached hydrogens (primary N) is 1. The quantitative estimate of drug-likeness (QED) is 0.403. The fraction of sp³-hybridized carbons (Fsp3) is 0. The third-order valence-corrected chi connectivity index (χ3v) is 4.20. The van der Waals surface area contributed by atoms with Gasteiger partial charge in [-0.1, -0.05) is 0 Å². The Kier molecular flexibility index (Phi) is 5.55. The average Bonchev–Trinajstić information content (AvgIpc) is 3.16. The van der Waals surface area contributed by atoms with Gasteiger partial charge in [0, 0.05) is 23.8 Å². The van der Waals surface area contributed by atoms with Crippen LogP contribution in [0.2, 0.25) is 0 Å². The molecule has 0 unspecified atom stereocenters. The highest BCUT2D eigenvalue weighted by Gasteiger charge is 2.26. The van der Waals surface area contributed by atoms with Crippen molar-refractivity contribution in [3.63, 3.8) is 0 Å². The number of nitro groups is 3. The molecule has 0 fully saturated rings. The first kappa shape index (κ1) is 21.5. The molecule has 0 aliphatic rings. The fourth-order valence-corrected chi connectivity index (χ4v) is 2.70. The largest absolute Gasteiger partial charge is 0.365 e. The van der Waals surface area contributed by atoms with Gasteiger partial charge in [0.05, 0.1) is 27.0 Å². The molecule has 0 aliphatic carbocycles. The molecule has 0 bridgehead atoms. The number of amides is 2. The molecule has 1 heterocycles. The molecule has 3 aromatic rings. The Morgan fingerprint density at radius 2 is 1.50 bits per heavy atom. The van der Waals surface area contributed by atoms with E-state index in [1.807, 2.05) is 0 Å². The first-order chi connectivity index (χ1) is 15.1. The fourth-order valence-electron chi connectivity index (χ4n) is 2.70. The van der Waals surface area contributed by atoms with Gasteiger partial charge in [-0.25, -0.2) is 4.68 Å². The lowest BCUT2D eigenvalue weighted by molar-refractivity contribution is -0.394. The molecule has 1 aromatic heterocycles. The lowest BCUT2D eigenvalue weighted by Crippen LogP contribution is -2.20. The molecule has 0 saturated carbocycles. The summed E-state index contributed by atoms with van der Waals surface area (Å²) in [5.41, 5.74) is 3.15. The van der Waals surface area contributed by atoms with Crippen molar-refractivity contribution in [3.05, 3.63) is 90.1 Å². The molecule has 0 atom stereocenters. The number of hydrogen-bond donors (Lipinski definition) is 2. The summed E-state index contributed by atoms with van der Waals surface area (Å²) < 4.78 is 0.825. The monoisotopic (exact) mass is 441 g/mol. The summed E-state index contributed by atoms with van der Waals surface area (Å²) in [6.07, 6.45) is 0.957. The summed E-state index contributed by atoms with van der Waals surface area (Å²) in [6.45, 7) is 0. The molecule has 2 aromatic carbocycles. The second-order valence-corrected chi connectivity index (χ2v) is 6.13. The Morgan fingerprint density at radius 1 is 0.906 bits per heavy atom. The topological polar surface area (TPSA) is 219 Å². The van der Waals surface area contributed by atoms with Gasteiger partial charge >= 0.3 is 5.69 Å². The number of aromatic nitrogens is 2. The smallest absolute Gasteiger partial charge is 0.301 e. The second-order valence-electron chi connectivity index (χ2n) is 6.13. The van der Waals surface area contributed by atoms with Gasteiger partial charge in [0.15, 0.2) is 0 Å². The van der Waals surface area contributed by atoms with Crippen LogP contribution in [-0.2, 0) is 0 Å². The van der Waals surface area contributed by atoms with E-state index in [-0.39, 0.29) is 28.3 Å². The lowest BCUT2D eigenvalue weighted by atomic mass is 10.2. The van der Waals surface area contributed by atoms with Gasteiger partial charge in [-0.3, -0.25) is 39.9 Å². The number of nitro benzene ring substituents is 3. The summed E-state index contributed by atoms with van der Waals surface area (Å²) in [5, 5.41) is 39.4. The highest BCUT2D eigenvalue weighted by Crippen LogP contribution is 2.31. The molecule has 3 rings (SSSR count). The summed E-state index contributed by atoms with van der Waals surface area (Å²) in [7, 11) is 0. The standard InChI is InChI=1S/C17H11N7O8/c18-15(25)12-8-19-21(13-6-5-11(23(29)30)7-14(13)24(31)32)16(12)20-17(26)9-1-3-10(4-2-9)22(27)28/h1-8H,(H2,18,25)(H,20,26). The Morgan fingerprint density at radius 3 is 2.03 bits per heavy atom. The van der Waals surface area contributed by atoms with E-state index in [9.17, 15) is 39.9 Å². The van der Waals surface area contributed by atoms with Crippen molar-refractivity contribution < 1.29 is 24.4 Å². The Labute approximate surface area is 176 Å². The zero-order chi connectivity index (χ0) is 23.6. The molecule has 32 heavy (non-hydrogen) atoms. The van der Waals surface area contributed by atoms with E-state index in [4.69, 9.17) is 5.73 Å². The molecular formula is C17H11N7O8. The van der Waals surface area contributed by atoms with Crippen LogP contribution < -0.4 is 11.1 Å². The number of benzene rings is 2. The molecule has 162 valence electrons. The summed E-state index contributed by atoms with van der Waals surface area (Å²) in [4.78, 5) is 55.2. The van der Waals surface area contributed by atoms with E-state index in [1.54, 1.807) is 0 Å². The SMILES string of the molecule is NC(=O)c1cnn(-c2ccc([N+](=O)[O-])cc2[N+](=O)[O-])c1NC(=O)c1ccc([N+](=O)[O-])cc1. The first-order valence-corrected chi connectivity index (χ1v) is 8.47. The first-order valence-electron chi connectivity index (χ1n) is 8.47. The maximum absolute atomic E-state index is 12.6. The van der Waals surface area contributed by atoms with Crippen molar-refractivity contribution in [2.45, 2.75) is 0 Å². The van der Waals surface area contributed by atoms with Gasteiger partial charge in [-0.2, -0.15) is 5.10 Å². The molecule has 15 nitrogen and oxygen atoms in total. The van der Waals surface area contributed by atoms with E-state index in [2.05, 4.69) is 10.4 Å². The minimum Gasteiger partial charge on any atom is -0.365 e. The van der Waals surface area contributed by atoms with Gasteiger partial charge in [-0.05, 0) is 18.2 Å². The van der Waals surface area contributed by atoms with E-state index < -0.39 is 38.0 Å². The predicted octanol–water partition coefficient (Wildman–Crippen LogP) is 1.95. The Balaban J connectivity index is 2.08. The molecule has 0 radical (unpaired) electrons. The number of anilines is 1. The number of nitrogens with zero attached hydrogens (tertiary/aromatic N) is 5. The van der Waals surface area contributed by atoms with E-state index in [1.165, 1.54) is 0 Å². The van der Waals surface area contributed by atoms with E-state index in [0.717, 1.165) is 47.3 Å².